The lowest BCUT2D eigenvalue weighted by Gasteiger charge is -2.21. The van der Waals surface area contributed by atoms with Gasteiger partial charge in [0.2, 0.25) is 5.88 Å². The molecule has 0 unspecified atom stereocenters. The molecule has 1 aromatic rings. The SMILES string of the molecule is CCOc1ncccc1C(C)(C)N. The van der Waals surface area contributed by atoms with Gasteiger partial charge in [-0.3, -0.25) is 0 Å². The van der Waals surface area contributed by atoms with Crippen LogP contribution in [0, 0.1) is 0 Å². The van der Waals surface area contributed by atoms with Crippen molar-refractivity contribution < 1.29 is 4.74 Å². The number of rotatable bonds is 3. The molecule has 1 aromatic heterocycles. The van der Waals surface area contributed by atoms with Crippen LogP contribution < -0.4 is 10.5 Å². The van der Waals surface area contributed by atoms with E-state index in [1.54, 1.807) is 6.20 Å². The number of aromatic nitrogens is 1. The normalized spacial score (nSPS) is 11.4. The largest absolute Gasteiger partial charge is 0.478 e. The number of pyridine rings is 1. The Labute approximate surface area is 78.9 Å². The zero-order valence-electron chi connectivity index (χ0n) is 8.37. The summed E-state index contributed by atoms with van der Waals surface area (Å²) in [5.41, 5.74) is 6.51. The molecule has 3 heteroatoms. The summed E-state index contributed by atoms with van der Waals surface area (Å²) in [6.45, 7) is 6.42. The van der Waals surface area contributed by atoms with Crippen molar-refractivity contribution in [1.29, 1.82) is 0 Å². The van der Waals surface area contributed by atoms with Gasteiger partial charge >= 0.3 is 0 Å². The summed E-state index contributed by atoms with van der Waals surface area (Å²) in [6.07, 6.45) is 1.71. The van der Waals surface area contributed by atoms with Crippen molar-refractivity contribution >= 4 is 0 Å². The zero-order chi connectivity index (χ0) is 9.90. The molecule has 1 rings (SSSR count). The van der Waals surface area contributed by atoms with E-state index in [0.717, 1.165) is 5.56 Å². The van der Waals surface area contributed by atoms with E-state index in [-0.39, 0.29) is 0 Å². The Kier molecular flexibility index (Phi) is 2.88. The highest BCUT2D eigenvalue weighted by Gasteiger charge is 2.19. The monoisotopic (exact) mass is 180 g/mol. The first-order valence-electron chi connectivity index (χ1n) is 4.43. The highest BCUT2D eigenvalue weighted by Crippen LogP contribution is 2.24. The number of hydrogen-bond acceptors (Lipinski definition) is 3. The fraction of sp³-hybridized carbons (Fsp3) is 0.500. The van der Waals surface area contributed by atoms with Crippen molar-refractivity contribution in [2.24, 2.45) is 5.73 Å². The maximum absolute atomic E-state index is 5.97. The van der Waals surface area contributed by atoms with Crippen molar-refractivity contribution in [1.82, 2.24) is 4.98 Å². The summed E-state index contributed by atoms with van der Waals surface area (Å²) in [7, 11) is 0. The van der Waals surface area contributed by atoms with Crippen LogP contribution in [0.3, 0.4) is 0 Å². The Morgan fingerprint density at radius 1 is 1.54 bits per heavy atom. The number of ether oxygens (including phenoxy) is 1. The number of nitrogens with two attached hydrogens (primary N) is 1. The van der Waals surface area contributed by atoms with Gasteiger partial charge in [0.15, 0.2) is 0 Å². The quantitative estimate of drug-likeness (QED) is 0.769. The van der Waals surface area contributed by atoms with Crippen molar-refractivity contribution in [3.63, 3.8) is 0 Å². The molecular weight excluding hydrogens is 164 g/mol. The maximum Gasteiger partial charge on any atom is 0.218 e. The molecule has 13 heavy (non-hydrogen) atoms. The van der Waals surface area contributed by atoms with Crippen molar-refractivity contribution in [3.05, 3.63) is 23.9 Å². The zero-order valence-corrected chi connectivity index (χ0v) is 8.37. The second-order valence-electron chi connectivity index (χ2n) is 3.51. The van der Waals surface area contributed by atoms with Crippen LogP contribution in [0.5, 0.6) is 5.88 Å². The molecule has 0 fully saturated rings. The summed E-state index contributed by atoms with van der Waals surface area (Å²) in [5, 5.41) is 0. The van der Waals surface area contributed by atoms with Gasteiger partial charge in [0.05, 0.1) is 6.61 Å². The fourth-order valence-corrected chi connectivity index (χ4v) is 1.13. The van der Waals surface area contributed by atoms with Gasteiger partial charge in [-0.25, -0.2) is 4.98 Å². The Morgan fingerprint density at radius 2 is 2.23 bits per heavy atom. The molecule has 0 aliphatic carbocycles. The van der Waals surface area contributed by atoms with Crippen molar-refractivity contribution in [2.75, 3.05) is 6.61 Å². The third-order valence-corrected chi connectivity index (χ3v) is 1.75. The molecule has 0 atom stereocenters. The lowest BCUT2D eigenvalue weighted by molar-refractivity contribution is 0.315. The minimum atomic E-state index is -0.404. The molecule has 0 saturated carbocycles. The molecule has 3 nitrogen and oxygen atoms in total. The lowest BCUT2D eigenvalue weighted by Crippen LogP contribution is -2.29. The fourth-order valence-electron chi connectivity index (χ4n) is 1.13. The van der Waals surface area contributed by atoms with Crippen LogP contribution in [0.4, 0.5) is 0 Å². The van der Waals surface area contributed by atoms with Gasteiger partial charge in [0.25, 0.3) is 0 Å². The predicted octanol–water partition coefficient (Wildman–Crippen LogP) is 1.67. The van der Waals surface area contributed by atoms with E-state index in [1.165, 1.54) is 0 Å². The molecular formula is C10H16N2O. The van der Waals surface area contributed by atoms with Gasteiger partial charge in [0.1, 0.15) is 0 Å². The maximum atomic E-state index is 5.97. The summed E-state index contributed by atoms with van der Waals surface area (Å²) in [6, 6.07) is 3.81. The minimum Gasteiger partial charge on any atom is -0.478 e. The Hall–Kier alpha value is -1.09. The summed E-state index contributed by atoms with van der Waals surface area (Å²) < 4.78 is 5.37. The van der Waals surface area contributed by atoms with Gasteiger partial charge < -0.3 is 10.5 Å². The smallest absolute Gasteiger partial charge is 0.218 e. The van der Waals surface area contributed by atoms with Crippen LogP contribution in [0.15, 0.2) is 18.3 Å². The van der Waals surface area contributed by atoms with Gasteiger partial charge in [-0.15, -0.1) is 0 Å². The van der Waals surface area contributed by atoms with Gasteiger partial charge in [0, 0.05) is 17.3 Å². The van der Waals surface area contributed by atoms with E-state index < -0.39 is 5.54 Å². The summed E-state index contributed by atoms with van der Waals surface area (Å²) in [4.78, 5) is 4.13. The van der Waals surface area contributed by atoms with E-state index >= 15 is 0 Å². The molecule has 2 N–H and O–H groups in total. The van der Waals surface area contributed by atoms with Crippen molar-refractivity contribution in [2.45, 2.75) is 26.3 Å². The average molecular weight is 180 g/mol. The second kappa shape index (κ2) is 3.75. The molecule has 1 heterocycles. The van der Waals surface area contributed by atoms with Crippen LogP contribution in [-0.4, -0.2) is 11.6 Å². The summed E-state index contributed by atoms with van der Waals surface area (Å²) in [5.74, 6) is 0.637. The molecule has 0 bridgehead atoms. The van der Waals surface area contributed by atoms with E-state index in [4.69, 9.17) is 10.5 Å². The minimum absolute atomic E-state index is 0.404. The van der Waals surface area contributed by atoms with E-state index in [1.807, 2.05) is 32.9 Å². The van der Waals surface area contributed by atoms with Gasteiger partial charge in [-0.1, -0.05) is 6.07 Å². The molecule has 0 aliphatic heterocycles. The summed E-state index contributed by atoms with van der Waals surface area (Å²) >= 11 is 0. The number of nitrogens with zero attached hydrogens (tertiary/aromatic N) is 1. The number of hydrogen-bond donors (Lipinski definition) is 1. The van der Waals surface area contributed by atoms with Crippen LogP contribution in [0.1, 0.15) is 26.3 Å². The first kappa shape index (κ1) is 9.99. The van der Waals surface area contributed by atoms with Gasteiger partial charge in [-0.2, -0.15) is 0 Å². The van der Waals surface area contributed by atoms with E-state index in [9.17, 15) is 0 Å². The predicted molar refractivity (Wildman–Crippen MR) is 52.6 cm³/mol. The molecule has 72 valence electrons. The molecule has 0 saturated heterocycles. The van der Waals surface area contributed by atoms with Crippen LogP contribution in [0.2, 0.25) is 0 Å². The third kappa shape index (κ3) is 2.42. The molecule has 0 radical (unpaired) electrons. The second-order valence-corrected chi connectivity index (χ2v) is 3.51. The van der Waals surface area contributed by atoms with Gasteiger partial charge in [-0.05, 0) is 26.8 Å². The highest BCUT2D eigenvalue weighted by molar-refractivity contribution is 5.31. The average Bonchev–Trinajstić information content (AvgIpc) is 2.04. The molecule has 0 spiro atoms. The molecule has 0 aromatic carbocycles. The third-order valence-electron chi connectivity index (χ3n) is 1.75. The Balaban J connectivity index is 3.05. The van der Waals surface area contributed by atoms with E-state index in [2.05, 4.69) is 4.98 Å². The topological polar surface area (TPSA) is 48.1 Å². The van der Waals surface area contributed by atoms with E-state index in [0.29, 0.717) is 12.5 Å². The first-order valence-corrected chi connectivity index (χ1v) is 4.43. The molecule has 0 amide bonds. The van der Waals surface area contributed by atoms with Crippen LogP contribution >= 0.6 is 0 Å². The highest BCUT2D eigenvalue weighted by atomic mass is 16.5. The Morgan fingerprint density at radius 3 is 2.77 bits per heavy atom. The van der Waals surface area contributed by atoms with Crippen molar-refractivity contribution in [3.8, 4) is 5.88 Å². The first-order chi connectivity index (χ1) is 6.05. The Bertz CT molecular complexity index is 278. The molecule has 0 aliphatic rings. The lowest BCUT2D eigenvalue weighted by atomic mass is 9.97. The van der Waals surface area contributed by atoms with Crippen LogP contribution in [0.25, 0.3) is 0 Å². The van der Waals surface area contributed by atoms with Crippen LogP contribution in [-0.2, 0) is 5.54 Å². The standard InChI is InChI=1S/C10H16N2O/c1-4-13-9-8(10(2,3)11)6-5-7-12-9/h5-7H,4,11H2,1-3H3.